The second-order valence-electron chi connectivity index (χ2n) is 3.62. The molecule has 0 aliphatic heterocycles. The summed E-state index contributed by atoms with van der Waals surface area (Å²) in [6.07, 6.45) is 10.6. The number of hydrogen-bond donors (Lipinski definition) is 3. The molecular weight excluding hydrogens is 178 g/mol. The molecule has 0 unspecified atom stereocenters. The van der Waals surface area contributed by atoms with Gasteiger partial charge in [0.1, 0.15) is 0 Å². The molecule has 0 aliphatic carbocycles. The zero-order valence-electron chi connectivity index (χ0n) is 8.91. The highest BCUT2D eigenvalue weighted by Crippen LogP contribution is 2.08. The molecule has 0 aliphatic rings. The van der Waals surface area contributed by atoms with Crippen LogP contribution in [0, 0.1) is 0 Å². The van der Waals surface area contributed by atoms with Crippen molar-refractivity contribution < 1.29 is 10.2 Å². The third-order valence-electron chi connectivity index (χ3n) is 2.22. The minimum atomic E-state index is -0.0621. The Balaban J connectivity index is 2.96. The van der Waals surface area contributed by atoms with E-state index in [-0.39, 0.29) is 5.88 Å². The number of aliphatic hydroxyl groups excluding tert-OH is 2. The average molecular weight is 201 g/mol. The fourth-order valence-electron chi connectivity index (χ4n) is 1.39. The first-order chi connectivity index (χ1) is 6.77. The molecule has 0 spiro atoms. The lowest BCUT2D eigenvalue weighted by Gasteiger charge is -1.99. The van der Waals surface area contributed by atoms with Crippen molar-refractivity contribution in [1.29, 1.82) is 0 Å². The van der Waals surface area contributed by atoms with Crippen LogP contribution >= 0.6 is 0 Å². The second kappa shape index (κ2) is 10.4. The predicted molar refractivity (Wildman–Crippen MR) is 58.9 cm³/mol. The number of unbranched alkanes of at least 4 members (excludes halogenated alkanes) is 7. The van der Waals surface area contributed by atoms with Gasteiger partial charge in [-0.1, -0.05) is 32.1 Å². The molecule has 14 heavy (non-hydrogen) atoms. The van der Waals surface area contributed by atoms with E-state index < -0.39 is 0 Å². The van der Waals surface area contributed by atoms with Crippen LogP contribution in [0.2, 0.25) is 0 Å². The quantitative estimate of drug-likeness (QED) is 0.396. The molecule has 0 bridgehead atoms. The highest BCUT2D eigenvalue weighted by Gasteiger charge is 1.91. The fraction of sp³-hybridized carbons (Fsp3) is 0.818. The maximum Gasteiger partial charge on any atom is 0.177 e. The largest absolute Gasteiger partial charge is 0.495 e. The molecule has 0 saturated heterocycles. The van der Waals surface area contributed by atoms with E-state index >= 15 is 0 Å². The first kappa shape index (κ1) is 13.3. The minimum Gasteiger partial charge on any atom is -0.495 e. The fourth-order valence-corrected chi connectivity index (χ4v) is 1.39. The summed E-state index contributed by atoms with van der Waals surface area (Å²) in [5.74, 6) is -0.0621. The monoisotopic (exact) mass is 201 g/mol. The van der Waals surface area contributed by atoms with Crippen molar-refractivity contribution in [2.24, 2.45) is 5.73 Å². The third kappa shape index (κ3) is 11.3. The Morgan fingerprint density at radius 3 is 1.93 bits per heavy atom. The number of aliphatic hydroxyl groups is 2. The predicted octanol–water partition coefficient (Wildman–Crippen LogP) is 2.46. The summed E-state index contributed by atoms with van der Waals surface area (Å²) in [6, 6.07) is 0. The molecule has 0 aromatic rings. The van der Waals surface area contributed by atoms with Crippen LogP contribution in [0.4, 0.5) is 0 Å². The van der Waals surface area contributed by atoms with E-state index in [1.54, 1.807) is 6.08 Å². The molecule has 0 radical (unpaired) electrons. The molecule has 0 fully saturated rings. The van der Waals surface area contributed by atoms with Crippen LogP contribution in [-0.4, -0.2) is 16.8 Å². The lowest BCUT2D eigenvalue weighted by molar-refractivity contribution is 0.282. The van der Waals surface area contributed by atoms with E-state index in [0.717, 1.165) is 25.7 Å². The van der Waals surface area contributed by atoms with Gasteiger partial charge in [-0.3, -0.25) is 0 Å². The van der Waals surface area contributed by atoms with Gasteiger partial charge < -0.3 is 15.9 Å². The number of rotatable bonds is 9. The molecule has 0 amide bonds. The van der Waals surface area contributed by atoms with Crippen molar-refractivity contribution in [1.82, 2.24) is 0 Å². The van der Waals surface area contributed by atoms with E-state index in [1.165, 1.54) is 25.7 Å². The van der Waals surface area contributed by atoms with Crippen molar-refractivity contribution >= 4 is 0 Å². The number of hydrogen-bond acceptors (Lipinski definition) is 3. The van der Waals surface area contributed by atoms with Crippen molar-refractivity contribution in [2.75, 3.05) is 6.61 Å². The highest BCUT2D eigenvalue weighted by atomic mass is 16.3. The summed E-state index contributed by atoms with van der Waals surface area (Å²) in [4.78, 5) is 0. The molecular formula is C11H23NO2. The Labute approximate surface area is 86.6 Å². The summed E-state index contributed by atoms with van der Waals surface area (Å²) in [7, 11) is 0. The molecule has 0 rings (SSSR count). The van der Waals surface area contributed by atoms with Gasteiger partial charge >= 0.3 is 0 Å². The molecule has 0 atom stereocenters. The summed E-state index contributed by atoms with van der Waals surface area (Å²) >= 11 is 0. The molecule has 4 N–H and O–H groups in total. The first-order valence-corrected chi connectivity index (χ1v) is 5.53. The van der Waals surface area contributed by atoms with E-state index in [1.807, 2.05) is 0 Å². The van der Waals surface area contributed by atoms with Gasteiger partial charge in [0.25, 0.3) is 0 Å². The SMILES string of the molecule is NC(O)=CCCCCCCCCCO. The van der Waals surface area contributed by atoms with Gasteiger partial charge in [-0.05, 0) is 25.3 Å². The van der Waals surface area contributed by atoms with Crippen LogP contribution < -0.4 is 5.73 Å². The van der Waals surface area contributed by atoms with E-state index in [9.17, 15) is 0 Å². The average Bonchev–Trinajstić information content (AvgIpc) is 2.15. The molecule has 84 valence electrons. The minimum absolute atomic E-state index is 0.0621. The normalized spacial score (nSPS) is 11.9. The Morgan fingerprint density at radius 1 is 0.929 bits per heavy atom. The van der Waals surface area contributed by atoms with Gasteiger partial charge in [0, 0.05) is 6.61 Å². The zero-order chi connectivity index (χ0) is 10.6. The van der Waals surface area contributed by atoms with Gasteiger partial charge in [0.2, 0.25) is 0 Å². The van der Waals surface area contributed by atoms with Crippen LogP contribution in [0.15, 0.2) is 12.0 Å². The van der Waals surface area contributed by atoms with Crippen LogP contribution in [-0.2, 0) is 0 Å². The molecule has 0 heterocycles. The zero-order valence-corrected chi connectivity index (χ0v) is 8.91. The topological polar surface area (TPSA) is 66.5 Å². The lowest BCUT2D eigenvalue weighted by atomic mass is 10.1. The smallest absolute Gasteiger partial charge is 0.177 e. The van der Waals surface area contributed by atoms with Gasteiger partial charge in [-0.2, -0.15) is 0 Å². The standard InChI is InChI=1S/C11H23NO2/c12-11(14)9-7-5-3-1-2-4-6-8-10-13/h9,13-14H,1-8,10,12H2. The van der Waals surface area contributed by atoms with Gasteiger partial charge in [0.15, 0.2) is 5.88 Å². The Morgan fingerprint density at radius 2 is 1.43 bits per heavy atom. The van der Waals surface area contributed by atoms with Crippen molar-refractivity contribution in [3.8, 4) is 0 Å². The number of allylic oxidation sites excluding steroid dienone is 1. The number of nitrogens with two attached hydrogens (primary N) is 1. The first-order valence-electron chi connectivity index (χ1n) is 5.53. The van der Waals surface area contributed by atoms with E-state index in [4.69, 9.17) is 15.9 Å². The van der Waals surface area contributed by atoms with Crippen LogP contribution in [0.1, 0.15) is 51.4 Å². The summed E-state index contributed by atoms with van der Waals surface area (Å²) in [5.41, 5.74) is 5.08. The Hall–Kier alpha value is -0.700. The lowest BCUT2D eigenvalue weighted by Crippen LogP contribution is -1.93. The second-order valence-corrected chi connectivity index (χ2v) is 3.62. The van der Waals surface area contributed by atoms with Crippen molar-refractivity contribution in [2.45, 2.75) is 51.4 Å². The molecule has 0 saturated carbocycles. The van der Waals surface area contributed by atoms with Crippen LogP contribution in [0.5, 0.6) is 0 Å². The summed E-state index contributed by atoms with van der Waals surface area (Å²) in [6.45, 7) is 0.320. The van der Waals surface area contributed by atoms with E-state index in [2.05, 4.69) is 0 Å². The molecule has 0 aromatic heterocycles. The Bertz CT molecular complexity index is 142. The van der Waals surface area contributed by atoms with Crippen LogP contribution in [0.25, 0.3) is 0 Å². The molecule has 0 aromatic carbocycles. The van der Waals surface area contributed by atoms with Crippen LogP contribution in [0.3, 0.4) is 0 Å². The van der Waals surface area contributed by atoms with Gasteiger partial charge in [-0.25, -0.2) is 0 Å². The maximum atomic E-state index is 8.67. The summed E-state index contributed by atoms with van der Waals surface area (Å²) in [5, 5.41) is 17.2. The van der Waals surface area contributed by atoms with E-state index in [0.29, 0.717) is 6.61 Å². The maximum absolute atomic E-state index is 8.67. The Kier molecular flexibility index (Phi) is 9.86. The van der Waals surface area contributed by atoms with Gasteiger partial charge in [0.05, 0.1) is 0 Å². The molecule has 3 heteroatoms. The van der Waals surface area contributed by atoms with Crippen molar-refractivity contribution in [3.63, 3.8) is 0 Å². The third-order valence-corrected chi connectivity index (χ3v) is 2.22. The molecule has 3 nitrogen and oxygen atoms in total. The summed E-state index contributed by atoms with van der Waals surface area (Å²) < 4.78 is 0. The van der Waals surface area contributed by atoms with Gasteiger partial charge in [-0.15, -0.1) is 0 Å². The highest BCUT2D eigenvalue weighted by molar-refractivity contribution is 4.83. The van der Waals surface area contributed by atoms with Crippen molar-refractivity contribution in [3.05, 3.63) is 12.0 Å².